The van der Waals surface area contributed by atoms with Crippen LogP contribution in [0.1, 0.15) is 63.7 Å². The molecule has 1 amide bonds. The third-order valence-corrected chi connectivity index (χ3v) is 3.70. The summed E-state index contributed by atoms with van der Waals surface area (Å²) in [6.07, 6.45) is 3.91. The van der Waals surface area contributed by atoms with Crippen LogP contribution in [-0.4, -0.2) is 35.6 Å². The molecule has 0 aliphatic carbocycles. The minimum Gasteiger partial charge on any atom is -0.396 e. The molecule has 0 unspecified atom stereocenters. The number of hydrogen-bond donors (Lipinski definition) is 1. The fraction of sp³-hybridized carbons (Fsp3) is 0.632. The molecule has 0 spiro atoms. The molecule has 0 heterocycles. The maximum atomic E-state index is 13.4. The van der Waals surface area contributed by atoms with Gasteiger partial charge in [0, 0.05) is 19.7 Å². The molecule has 1 aromatic carbocycles. The zero-order valence-corrected chi connectivity index (χ0v) is 15.0. The van der Waals surface area contributed by atoms with Crippen molar-refractivity contribution in [3.8, 4) is 0 Å². The molecule has 132 valence electrons. The van der Waals surface area contributed by atoms with Gasteiger partial charge in [-0.2, -0.15) is 0 Å². The molecule has 1 rings (SSSR count). The van der Waals surface area contributed by atoms with Gasteiger partial charge in [0.2, 0.25) is 0 Å². The van der Waals surface area contributed by atoms with Crippen LogP contribution in [0.4, 0.5) is 4.39 Å². The summed E-state index contributed by atoms with van der Waals surface area (Å²) < 4.78 is 13.4. The lowest BCUT2D eigenvalue weighted by molar-refractivity contribution is 0.0751. The van der Waals surface area contributed by atoms with Gasteiger partial charge in [0.25, 0.3) is 5.91 Å². The minimum atomic E-state index is -0.440. The Labute approximate surface area is 140 Å². The zero-order chi connectivity index (χ0) is 17.7. The molecule has 1 N–H and O–H groups in total. The number of nitrogens with zero attached hydrogens (tertiary/aromatic N) is 1. The summed E-state index contributed by atoms with van der Waals surface area (Å²) in [5.41, 5.74) is 0.171. The summed E-state index contributed by atoms with van der Waals surface area (Å²) >= 11 is 0. The van der Waals surface area contributed by atoms with Gasteiger partial charge in [0.1, 0.15) is 5.82 Å². The lowest BCUT2D eigenvalue weighted by Crippen LogP contribution is -2.33. The molecule has 1 atom stereocenters. The van der Waals surface area contributed by atoms with Crippen molar-refractivity contribution in [1.82, 2.24) is 4.90 Å². The molecule has 4 heteroatoms. The predicted octanol–water partition coefficient (Wildman–Crippen LogP) is 4.50. The number of hydrogen-bond acceptors (Lipinski definition) is 2. The van der Waals surface area contributed by atoms with E-state index in [9.17, 15) is 9.18 Å². The van der Waals surface area contributed by atoms with Crippen LogP contribution in [0, 0.1) is 11.7 Å². The van der Waals surface area contributed by atoms with E-state index in [0.29, 0.717) is 25.6 Å². The molecule has 0 bridgehead atoms. The maximum absolute atomic E-state index is 13.4. The van der Waals surface area contributed by atoms with Gasteiger partial charge in [-0.3, -0.25) is 4.79 Å². The Balaban J connectivity index is 0.000000585. The molecule has 0 fully saturated rings. The number of carbonyl (C=O) groups is 1. The van der Waals surface area contributed by atoms with Crippen LogP contribution in [0.5, 0.6) is 0 Å². The molecule has 0 aromatic heterocycles. The number of rotatable bonds is 8. The maximum Gasteiger partial charge on any atom is 0.256 e. The molecule has 0 radical (unpaired) electrons. The van der Waals surface area contributed by atoms with Crippen molar-refractivity contribution in [2.45, 2.75) is 53.4 Å². The first-order valence-corrected chi connectivity index (χ1v) is 8.66. The van der Waals surface area contributed by atoms with Gasteiger partial charge in [-0.15, -0.1) is 0 Å². The van der Waals surface area contributed by atoms with Gasteiger partial charge >= 0.3 is 0 Å². The predicted molar refractivity (Wildman–Crippen MR) is 94.0 cm³/mol. The molecule has 23 heavy (non-hydrogen) atoms. The second-order valence-corrected chi connectivity index (χ2v) is 5.80. The molecule has 0 saturated carbocycles. The SMILES string of the molecule is CCCN(CCC)C(=O)c1ccccc1F.CC[C@@H](C)CCO. The third-order valence-electron chi connectivity index (χ3n) is 3.70. The van der Waals surface area contributed by atoms with Crippen LogP contribution >= 0.6 is 0 Å². The summed E-state index contributed by atoms with van der Waals surface area (Å²) in [6, 6.07) is 6.14. The molecule has 1 aromatic rings. The second kappa shape index (κ2) is 13.1. The highest BCUT2D eigenvalue weighted by molar-refractivity contribution is 5.94. The first-order valence-electron chi connectivity index (χ1n) is 8.66. The van der Waals surface area contributed by atoms with E-state index in [1.54, 1.807) is 17.0 Å². The van der Waals surface area contributed by atoms with Gasteiger partial charge in [0.05, 0.1) is 5.56 Å². The fourth-order valence-electron chi connectivity index (χ4n) is 2.08. The highest BCUT2D eigenvalue weighted by atomic mass is 19.1. The van der Waals surface area contributed by atoms with E-state index >= 15 is 0 Å². The van der Waals surface area contributed by atoms with Crippen LogP contribution in [0.15, 0.2) is 24.3 Å². The Morgan fingerprint density at radius 1 is 1.17 bits per heavy atom. The van der Waals surface area contributed by atoms with Crippen molar-refractivity contribution < 1.29 is 14.3 Å². The molecule has 0 saturated heterocycles. The quantitative estimate of drug-likeness (QED) is 0.764. The Morgan fingerprint density at radius 3 is 2.13 bits per heavy atom. The monoisotopic (exact) mass is 325 g/mol. The highest BCUT2D eigenvalue weighted by Gasteiger charge is 2.17. The van der Waals surface area contributed by atoms with Crippen molar-refractivity contribution in [3.63, 3.8) is 0 Å². The molecule has 3 nitrogen and oxygen atoms in total. The first kappa shape index (κ1) is 21.6. The summed E-state index contributed by atoms with van der Waals surface area (Å²) in [5, 5.41) is 8.37. The van der Waals surface area contributed by atoms with E-state index in [1.807, 2.05) is 13.8 Å². The van der Waals surface area contributed by atoms with Crippen molar-refractivity contribution in [3.05, 3.63) is 35.6 Å². The van der Waals surface area contributed by atoms with Crippen LogP contribution in [0.25, 0.3) is 0 Å². The standard InChI is InChI=1S/C13H18FNO.C6H14O/c1-3-9-15(10-4-2)13(16)11-7-5-6-8-12(11)14;1-3-6(2)4-5-7/h5-8H,3-4,9-10H2,1-2H3;6-7H,3-5H2,1-2H3/t;6-/m.1/s1. The number of amides is 1. The fourth-order valence-corrected chi connectivity index (χ4v) is 2.08. The van der Waals surface area contributed by atoms with Gasteiger partial charge in [-0.25, -0.2) is 4.39 Å². The van der Waals surface area contributed by atoms with E-state index in [0.717, 1.165) is 19.3 Å². The molecular formula is C19H32FNO2. The lowest BCUT2D eigenvalue weighted by Gasteiger charge is -2.21. The van der Waals surface area contributed by atoms with Gasteiger partial charge in [0.15, 0.2) is 0 Å². The number of carbonyl (C=O) groups excluding carboxylic acids is 1. The van der Waals surface area contributed by atoms with Crippen molar-refractivity contribution in [1.29, 1.82) is 0 Å². The van der Waals surface area contributed by atoms with Gasteiger partial charge < -0.3 is 10.0 Å². The summed E-state index contributed by atoms with van der Waals surface area (Å²) in [4.78, 5) is 13.7. The van der Waals surface area contributed by atoms with E-state index in [2.05, 4.69) is 13.8 Å². The van der Waals surface area contributed by atoms with E-state index in [1.165, 1.54) is 18.6 Å². The normalized spacial score (nSPS) is 11.4. The number of halogens is 1. The third kappa shape index (κ3) is 8.70. The first-order chi connectivity index (χ1) is 11.0. The number of aliphatic hydroxyl groups excluding tert-OH is 1. The largest absolute Gasteiger partial charge is 0.396 e. The van der Waals surface area contributed by atoms with E-state index in [4.69, 9.17) is 5.11 Å². The van der Waals surface area contributed by atoms with Gasteiger partial charge in [-0.1, -0.05) is 46.2 Å². The highest BCUT2D eigenvalue weighted by Crippen LogP contribution is 2.10. The van der Waals surface area contributed by atoms with Crippen molar-refractivity contribution >= 4 is 5.91 Å². The Kier molecular flexibility index (Phi) is 12.3. The van der Waals surface area contributed by atoms with Gasteiger partial charge in [-0.05, 0) is 37.3 Å². The van der Waals surface area contributed by atoms with E-state index < -0.39 is 5.82 Å². The smallest absolute Gasteiger partial charge is 0.256 e. The second-order valence-electron chi connectivity index (χ2n) is 5.80. The summed E-state index contributed by atoms with van der Waals surface area (Å²) in [7, 11) is 0. The van der Waals surface area contributed by atoms with Crippen LogP contribution < -0.4 is 0 Å². The number of benzene rings is 1. The van der Waals surface area contributed by atoms with Crippen molar-refractivity contribution in [2.24, 2.45) is 5.92 Å². The average molecular weight is 325 g/mol. The summed E-state index contributed by atoms with van der Waals surface area (Å²) in [5.74, 6) is 0.0523. The summed E-state index contributed by atoms with van der Waals surface area (Å²) in [6.45, 7) is 10.0. The van der Waals surface area contributed by atoms with E-state index in [-0.39, 0.29) is 11.5 Å². The average Bonchev–Trinajstić information content (AvgIpc) is 2.55. The topological polar surface area (TPSA) is 40.5 Å². The Bertz CT molecular complexity index is 431. The molecule has 0 aliphatic rings. The molecular weight excluding hydrogens is 293 g/mol. The Hall–Kier alpha value is -1.42. The van der Waals surface area contributed by atoms with Crippen molar-refractivity contribution in [2.75, 3.05) is 19.7 Å². The number of aliphatic hydroxyl groups is 1. The Morgan fingerprint density at radius 2 is 1.74 bits per heavy atom. The lowest BCUT2D eigenvalue weighted by atomic mass is 10.1. The van der Waals surface area contributed by atoms with Crippen LogP contribution in [-0.2, 0) is 0 Å². The van der Waals surface area contributed by atoms with Crippen LogP contribution in [0.2, 0.25) is 0 Å². The molecule has 0 aliphatic heterocycles. The zero-order valence-electron chi connectivity index (χ0n) is 15.0. The van der Waals surface area contributed by atoms with Crippen LogP contribution in [0.3, 0.4) is 0 Å². The minimum absolute atomic E-state index is 0.171.